The third-order valence-corrected chi connectivity index (χ3v) is 4.22. The molecule has 0 aliphatic carbocycles. The van der Waals surface area contributed by atoms with Crippen LogP contribution in [0.15, 0.2) is 12.4 Å². The van der Waals surface area contributed by atoms with E-state index in [4.69, 9.17) is 11.6 Å². The molecular weight excluding hydrogens is 238 g/mol. The minimum absolute atomic E-state index is 0.120. The van der Waals surface area contributed by atoms with Crippen LogP contribution in [0.5, 0.6) is 0 Å². The van der Waals surface area contributed by atoms with Gasteiger partial charge in [0.2, 0.25) is 0 Å². The maximum atomic E-state index is 12.4. The molecule has 1 aromatic rings. The minimum atomic E-state index is 0.120. The van der Waals surface area contributed by atoms with E-state index in [2.05, 4.69) is 5.10 Å². The molecule has 1 amide bonds. The van der Waals surface area contributed by atoms with Gasteiger partial charge in [0.05, 0.1) is 11.8 Å². The average molecular weight is 254 g/mol. The Balaban J connectivity index is 1.83. The number of hydrogen-bond donors (Lipinski definition) is 0. The molecule has 0 radical (unpaired) electrons. The average Bonchev–Trinajstić information content (AvgIpc) is 2.81. The maximum Gasteiger partial charge on any atom is 0.257 e. The van der Waals surface area contributed by atoms with E-state index in [9.17, 15) is 4.79 Å². The summed E-state index contributed by atoms with van der Waals surface area (Å²) in [5, 5.41) is 4.30. The van der Waals surface area contributed by atoms with Crippen molar-refractivity contribution in [3.63, 3.8) is 0 Å². The van der Waals surface area contributed by atoms with E-state index in [1.165, 1.54) is 0 Å². The Hall–Kier alpha value is -1.03. The Morgan fingerprint density at radius 2 is 2.06 bits per heavy atom. The summed E-state index contributed by atoms with van der Waals surface area (Å²) in [7, 11) is 1.83. The van der Waals surface area contributed by atoms with Crippen LogP contribution >= 0.6 is 11.6 Å². The molecule has 5 heteroatoms. The van der Waals surface area contributed by atoms with Gasteiger partial charge in [-0.2, -0.15) is 5.10 Å². The Kier molecular flexibility index (Phi) is 2.62. The number of halogens is 1. The van der Waals surface area contributed by atoms with Crippen molar-refractivity contribution in [2.24, 2.45) is 7.05 Å². The first-order valence-corrected chi connectivity index (χ1v) is 6.54. The van der Waals surface area contributed by atoms with E-state index >= 15 is 0 Å². The van der Waals surface area contributed by atoms with E-state index < -0.39 is 0 Å². The summed E-state index contributed by atoms with van der Waals surface area (Å²) in [6.45, 7) is 0. The molecular formula is C12H16ClN3O. The number of carbonyl (C=O) groups excluding carboxylic acids is 1. The van der Waals surface area contributed by atoms with Crippen LogP contribution in [0, 0.1) is 0 Å². The van der Waals surface area contributed by atoms with Crippen LogP contribution in [0.4, 0.5) is 0 Å². The molecule has 1 aromatic heterocycles. The fourth-order valence-electron chi connectivity index (χ4n) is 3.12. The second-order valence-corrected chi connectivity index (χ2v) is 5.69. The van der Waals surface area contributed by atoms with Gasteiger partial charge in [0, 0.05) is 30.7 Å². The number of amides is 1. The summed E-state index contributed by atoms with van der Waals surface area (Å²) in [4.78, 5) is 14.4. The van der Waals surface area contributed by atoms with E-state index in [-0.39, 0.29) is 11.3 Å². The van der Waals surface area contributed by atoms with Crippen molar-refractivity contribution < 1.29 is 4.79 Å². The van der Waals surface area contributed by atoms with Gasteiger partial charge < -0.3 is 4.90 Å². The smallest absolute Gasteiger partial charge is 0.257 e. The summed E-state index contributed by atoms with van der Waals surface area (Å²) >= 11 is 6.21. The molecule has 0 N–H and O–H groups in total. The first kappa shape index (κ1) is 11.1. The van der Waals surface area contributed by atoms with Crippen LogP contribution in [-0.2, 0) is 7.05 Å². The van der Waals surface area contributed by atoms with Gasteiger partial charge in [-0.15, -0.1) is 11.6 Å². The summed E-state index contributed by atoms with van der Waals surface area (Å²) in [5.41, 5.74) is 0.692. The van der Waals surface area contributed by atoms with Gasteiger partial charge in [-0.3, -0.25) is 9.48 Å². The monoisotopic (exact) mass is 253 g/mol. The van der Waals surface area contributed by atoms with Crippen LogP contribution in [0.2, 0.25) is 0 Å². The molecule has 2 bridgehead atoms. The molecule has 2 aliphatic heterocycles. The summed E-state index contributed by atoms with van der Waals surface area (Å²) < 4.78 is 1.67. The van der Waals surface area contributed by atoms with E-state index in [1.807, 2.05) is 11.9 Å². The molecule has 0 spiro atoms. The molecule has 92 valence electrons. The molecule has 3 rings (SSSR count). The lowest BCUT2D eigenvalue weighted by Gasteiger charge is -2.36. The molecule has 0 aromatic carbocycles. The highest BCUT2D eigenvalue weighted by Gasteiger charge is 2.43. The number of hydrogen-bond acceptors (Lipinski definition) is 2. The molecule has 0 saturated carbocycles. The lowest BCUT2D eigenvalue weighted by molar-refractivity contribution is 0.0599. The van der Waals surface area contributed by atoms with E-state index in [0.717, 1.165) is 25.7 Å². The molecule has 2 saturated heterocycles. The van der Waals surface area contributed by atoms with Crippen molar-refractivity contribution in [3.8, 4) is 0 Å². The molecule has 2 fully saturated rings. The highest BCUT2D eigenvalue weighted by atomic mass is 35.5. The van der Waals surface area contributed by atoms with E-state index in [1.54, 1.807) is 17.1 Å². The first-order chi connectivity index (χ1) is 8.15. The molecule has 3 heterocycles. The quantitative estimate of drug-likeness (QED) is 0.716. The fourth-order valence-corrected chi connectivity index (χ4v) is 3.53. The van der Waals surface area contributed by atoms with Crippen LogP contribution in [-0.4, -0.2) is 38.0 Å². The third kappa shape index (κ3) is 1.84. The lowest BCUT2D eigenvalue weighted by Crippen LogP contribution is -2.46. The summed E-state index contributed by atoms with van der Waals surface area (Å²) in [5.74, 6) is 0.120. The van der Waals surface area contributed by atoms with Gasteiger partial charge in [0.1, 0.15) is 0 Å². The van der Waals surface area contributed by atoms with E-state index in [0.29, 0.717) is 17.6 Å². The number of alkyl halides is 1. The molecule has 2 atom stereocenters. The summed E-state index contributed by atoms with van der Waals surface area (Å²) in [6, 6.07) is 0.674. The van der Waals surface area contributed by atoms with Crippen molar-refractivity contribution >= 4 is 17.5 Å². The number of carbonyl (C=O) groups is 1. The molecule has 17 heavy (non-hydrogen) atoms. The van der Waals surface area contributed by atoms with Crippen molar-refractivity contribution in [1.29, 1.82) is 0 Å². The van der Waals surface area contributed by atoms with Gasteiger partial charge in [-0.1, -0.05) is 0 Å². The van der Waals surface area contributed by atoms with Crippen LogP contribution in [0.1, 0.15) is 36.0 Å². The van der Waals surface area contributed by atoms with Crippen LogP contribution < -0.4 is 0 Å². The second-order valence-electron chi connectivity index (χ2n) is 5.07. The zero-order chi connectivity index (χ0) is 12.0. The molecule has 4 nitrogen and oxygen atoms in total. The first-order valence-electron chi connectivity index (χ1n) is 6.10. The highest BCUT2D eigenvalue weighted by Crippen LogP contribution is 2.38. The number of fused-ring (bicyclic) bond motifs is 2. The van der Waals surface area contributed by atoms with Gasteiger partial charge in [0.15, 0.2) is 0 Å². The van der Waals surface area contributed by atoms with Crippen LogP contribution in [0.3, 0.4) is 0 Å². The number of piperidine rings is 1. The van der Waals surface area contributed by atoms with Crippen molar-refractivity contribution in [1.82, 2.24) is 14.7 Å². The fraction of sp³-hybridized carbons (Fsp3) is 0.667. The SMILES string of the molecule is Cn1cc(C(=O)N2C3CCC2CC(Cl)C3)cn1. The predicted molar refractivity (Wildman–Crippen MR) is 65.1 cm³/mol. The standard InChI is InChI=1S/C12H16ClN3O/c1-15-7-8(6-14-15)12(17)16-10-2-3-11(16)5-9(13)4-10/h6-7,9-11H,2-5H2,1H3. The predicted octanol–water partition coefficient (Wildman–Crippen LogP) is 1.79. The Labute approximate surface area is 106 Å². The Morgan fingerprint density at radius 1 is 1.41 bits per heavy atom. The van der Waals surface area contributed by atoms with Gasteiger partial charge in [-0.05, 0) is 25.7 Å². The van der Waals surface area contributed by atoms with Gasteiger partial charge >= 0.3 is 0 Å². The molecule has 2 unspecified atom stereocenters. The maximum absolute atomic E-state index is 12.4. The number of rotatable bonds is 1. The Morgan fingerprint density at radius 3 is 2.59 bits per heavy atom. The molecule has 2 aliphatic rings. The van der Waals surface area contributed by atoms with Gasteiger partial charge in [0.25, 0.3) is 5.91 Å². The summed E-state index contributed by atoms with van der Waals surface area (Å²) in [6.07, 6.45) is 7.50. The largest absolute Gasteiger partial charge is 0.332 e. The van der Waals surface area contributed by atoms with Crippen molar-refractivity contribution in [2.75, 3.05) is 0 Å². The zero-order valence-corrected chi connectivity index (χ0v) is 10.6. The minimum Gasteiger partial charge on any atom is -0.332 e. The zero-order valence-electron chi connectivity index (χ0n) is 9.84. The van der Waals surface area contributed by atoms with Crippen molar-refractivity contribution in [2.45, 2.75) is 43.1 Å². The Bertz CT molecular complexity index is 431. The van der Waals surface area contributed by atoms with Crippen LogP contribution in [0.25, 0.3) is 0 Å². The lowest BCUT2D eigenvalue weighted by atomic mass is 10.0. The second kappa shape index (κ2) is 4.02. The topological polar surface area (TPSA) is 38.1 Å². The third-order valence-electron chi connectivity index (χ3n) is 3.86. The van der Waals surface area contributed by atoms with Gasteiger partial charge in [-0.25, -0.2) is 0 Å². The van der Waals surface area contributed by atoms with Crippen molar-refractivity contribution in [3.05, 3.63) is 18.0 Å². The number of aryl methyl sites for hydroxylation is 1. The highest BCUT2D eigenvalue weighted by molar-refractivity contribution is 6.20. The number of aromatic nitrogens is 2. The number of nitrogens with zero attached hydrogens (tertiary/aromatic N) is 3. The normalized spacial score (nSPS) is 31.9.